The molecule has 136 valence electrons. The van der Waals surface area contributed by atoms with Crippen LogP contribution in [0.1, 0.15) is 36.0 Å². The van der Waals surface area contributed by atoms with Crippen LogP contribution in [0.15, 0.2) is 53.4 Å². The van der Waals surface area contributed by atoms with Crippen LogP contribution in [0.5, 0.6) is 0 Å². The third-order valence-electron chi connectivity index (χ3n) is 3.87. The minimum atomic E-state index is -4.31. The average molecular weight is 385 g/mol. The lowest BCUT2D eigenvalue weighted by atomic mass is 10.1. The number of hydrogen-bond donors (Lipinski definition) is 1. The highest BCUT2D eigenvalue weighted by Crippen LogP contribution is 2.37. The second-order valence-corrected chi connectivity index (χ2v) is 7.40. The molecular formula is C19H23F3NPS. The van der Waals surface area contributed by atoms with E-state index in [1.165, 1.54) is 23.4 Å². The molecule has 0 heterocycles. The van der Waals surface area contributed by atoms with E-state index in [9.17, 15) is 13.2 Å². The maximum atomic E-state index is 13.2. The lowest BCUT2D eigenvalue weighted by molar-refractivity contribution is -0.139. The van der Waals surface area contributed by atoms with E-state index in [1.807, 2.05) is 18.2 Å². The minimum Gasteiger partial charge on any atom is -0.296 e. The standard InChI is InChI=1S/C19H23F3NPS/c20-19(21,22)17-13-16(14-23-24)10-11-18(17)25-12-6-2-5-9-15-7-3-1-4-8-15/h1,3-4,7-8,10-11,13,23H,2,5-6,9,12,14,24H2. The molecule has 2 aromatic rings. The highest BCUT2D eigenvalue weighted by Gasteiger charge is 2.33. The summed E-state index contributed by atoms with van der Waals surface area (Å²) in [6, 6.07) is 14.9. The van der Waals surface area contributed by atoms with Crippen molar-refractivity contribution in [2.45, 2.75) is 43.3 Å². The molecule has 0 saturated heterocycles. The van der Waals surface area contributed by atoms with E-state index >= 15 is 0 Å². The summed E-state index contributed by atoms with van der Waals surface area (Å²) in [4.78, 5) is 0.322. The zero-order valence-corrected chi connectivity index (χ0v) is 16.0. The average Bonchev–Trinajstić information content (AvgIpc) is 2.59. The number of aryl methyl sites for hydroxylation is 1. The first-order valence-electron chi connectivity index (χ1n) is 8.31. The summed E-state index contributed by atoms with van der Waals surface area (Å²) >= 11 is 1.30. The Morgan fingerprint density at radius 1 is 0.920 bits per heavy atom. The quantitative estimate of drug-likeness (QED) is 0.318. The molecule has 1 atom stereocenters. The number of nitrogens with one attached hydrogen (secondary N) is 1. The molecule has 1 nitrogen and oxygen atoms in total. The van der Waals surface area contributed by atoms with E-state index < -0.39 is 11.7 Å². The lowest BCUT2D eigenvalue weighted by Gasteiger charge is -2.14. The third kappa shape index (κ3) is 7.01. The summed E-state index contributed by atoms with van der Waals surface area (Å²) < 4.78 is 39.7. The van der Waals surface area contributed by atoms with Crippen LogP contribution in [-0.4, -0.2) is 5.75 Å². The van der Waals surface area contributed by atoms with Crippen LogP contribution in [0.4, 0.5) is 13.2 Å². The van der Waals surface area contributed by atoms with Crippen LogP contribution in [0.2, 0.25) is 0 Å². The fourth-order valence-corrected chi connectivity index (χ4v) is 3.89. The predicted molar refractivity (Wildman–Crippen MR) is 103 cm³/mol. The third-order valence-corrected chi connectivity index (χ3v) is 5.23. The van der Waals surface area contributed by atoms with Gasteiger partial charge in [0.1, 0.15) is 0 Å². The molecule has 1 unspecified atom stereocenters. The largest absolute Gasteiger partial charge is 0.417 e. The Morgan fingerprint density at radius 3 is 2.36 bits per heavy atom. The van der Waals surface area contributed by atoms with Gasteiger partial charge < -0.3 is 0 Å². The Labute approximate surface area is 154 Å². The van der Waals surface area contributed by atoms with E-state index in [1.54, 1.807) is 12.1 Å². The van der Waals surface area contributed by atoms with Gasteiger partial charge in [-0.1, -0.05) is 52.2 Å². The summed E-state index contributed by atoms with van der Waals surface area (Å²) in [5.41, 5.74) is 1.42. The van der Waals surface area contributed by atoms with Crippen LogP contribution in [0.3, 0.4) is 0 Å². The van der Waals surface area contributed by atoms with Gasteiger partial charge in [-0.2, -0.15) is 13.2 Å². The highest BCUT2D eigenvalue weighted by atomic mass is 32.2. The van der Waals surface area contributed by atoms with Gasteiger partial charge in [0.05, 0.1) is 5.56 Å². The highest BCUT2D eigenvalue weighted by molar-refractivity contribution is 7.99. The molecule has 0 aliphatic rings. The molecule has 2 rings (SSSR count). The van der Waals surface area contributed by atoms with Gasteiger partial charge in [-0.05, 0) is 48.3 Å². The number of hydrogen-bond acceptors (Lipinski definition) is 2. The van der Waals surface area contributed by atoms with Gasteiger partial charge in [0, 0.05) is 11.4 Å². The first-order chi connectivity index (χ1) is 12.0. The maximum absolute atomic E-state index is 13.2. The molecule has 0 bridgehead atoms. The Kier molecular flexibility index (Phi) is 8.28. The van der Waals surface area contributed by atoms with Crippen LogP contribution in [0.25, 0.3) is 0 Å². The van der Waals surface area contributed by atoms with E-state index in [0.717, 1.165) is 25.7 Å². The first kappa shape index (κ1) is 20.3. The van der Waals surface area contributed by atoms with Crippen molar-refractivity contribution in [1.82, 2.24) is 5.09 Å². The zero-order valence-electron chi connectivity index (χ0n) is 14.0. The van der Waals surface area contributed by atoms with Gasteiger partial charge >= 0.3 is 6.18 Å². The zero-order chi connectivity index (χ0) is 18.1. The van der Waals surface area contributed by atoms with Gasteiger partial charge in [-0.25, -0.2) is 0 Å². The van der Waals surface area contributed by atoms with Gasteiger partial charge in [-0.3, -0.25) is 5.09 Å². The summed E-state index contributed by atoms with van der Waals surface area (Å²) in [6.45, 7) is 0.401. The Balaban J connectivity index is 1.81. The van der Waals surface area contributed by atoms with E-state index in [2.05, 4.69) is 26.6 Å². The first-order valence-corrected chi connectivity index (χ1v) is 9.87. The monoisotopic (exact) mass is 385 g/mol. The molecule has 0 aromatic heterocycles. The van der Waals surface area contributed by atoms with Crippen LogP contribution in [0, 0.1) is 0 Å². The van der Waals surface area contributed by atoms with Gasteiger partial charge in [0.15, 0.2) is 0 Å². The number of unbranched alkanes of at least 4 members (excludes halogenated alkanes) is 2. The molecule has 0 aliphatic carbocycles. The summed E-state index contributed by atoms with van der Waals surface area (Å²) in [6.07, 6.45) is -0.278. The molecule has 6 heteroatoms. The fraction of sp³-hybridized carbons (Fsp3) is 0.368. The summed E-state index contributed by atoms with van der Waals surface area (Å²) in [7, 11) is 2.30. The number of halogens is 3. The topological polar surface area (TPSA) is 12.0 Å². The van der Waals surface area contributed by atoms with E-state index in [-0.39, 0.29) is 0 Å². The summed E-state index contributed by atoms with van der Waals surface area (Å²) in [5.74, 6) is 0.707. The van der Waals surface area contributed by atoms with Gasteiger partial charge in [0.2, 0.25) is 0 Å². The van der Waals surface area contributed by atoms with E-state index in [0.29, 0.717) is 22.8 Å². The number of benzene rings is 2. The number of rotatable bonds is 9. The van der Waals surface area contributed by atoms with Crippen molar-refractivity contribution < 1.29 is 13.2 Å². The van der Waals surface area contributed by atoms with Crippen molar-refractivity contribution in [3.8, 4) is 0 Å². The smallest absolute Gasteiger partial charge is 0.296 e. The second-order valence-electron chi connectivity index (χ2n) is 5.85. The molecule has 0 saturated carbocycles. The molecule has 0 amide bonds. The van der Waals surface area contributed by atoms with Crippen LogP contribution in [-0.2, 0) is 19.1 Å². The molecule has 0 radical (unpaired) electrons. The second kappa shape index (κ2) is 10.2. The normalized spacial score (nSPS) is 11.7. The fourth-order valence-electron chi connectivity index (χ4n) is 2.59. The molecule has 0 spiro atoms. The van der Waals surface area contributed by atoms with Crippen molar-refractivity contribution in [2.24, 2.45) is 0 Å². The van der Waals surface area contributed by atoms with E-state index in [4.69, 9.17) is 0 Å². The molecule has 2 aromatic carbocycles. The SMILES string of the molecule is FC(F)(F)c1cc(CNP)ccc1SCCCCCc1ccccc1. The van der Waals surface area contributed by atoms with Crippen LogP contribution < -0.4 is 5.09 Å². The van der Waals surface area contributed by atoms with Crippen LogP contribution >= 0.6 is 21.2 Å². The van der Waals surface area contributed by atoms with Crippen molar-refractivity contribution in [1.29, 1.82) is 0 Å². The minimum absolute atomic E-state index is 0.322. The number of thioether (sulfide) groups is 1. The lowest BCUT2D eigenvalue weighted by Crippen LogP contribution is -2.09. The molecule has 0 aliphatic heterocycles. The van der Waals surface area contributed by atoms with Crippen molar-refractivity contribution in [3.05, 3.63) is 65.2 Å². The molecule has 1 N–H and O–H groups in total. The van der Waals surface area contributed by atoms with Crippen molar-refractivity contribution in [3.63, 3.8) is 0 Å². The Bertz CT molecular complexity index is 647. The van der Waals surface area contributed by atoms with Crippen molar-refractivity contribution >= 4 is 21.2 Å². The predicted octanol–water partition coefficient (Wildman–Crippen LogP) is 6.09. The van der Waals surface area contributed by atoms with Gasteiger partial charge in [-0.15, -0.1) is 11.8 Å². The summed E-state index contributed by atoms with van der Waals surface area (Å²) in [5, 5.41) is 2.80. The van der Waals surface area contributed by atoms with Gasteiger partial charge in [0.25, 0.3) is 0 Å². The molecular weight excluding hydrogens is 362 g/mol. The molecule has 25 heavy (non-hydrogen) atoms. The molecule has 0 fully saturated rings. The van der Waals surface area contributed by atoms with Crippen molar-refractivity contribution in [2.75, 3.05) is 5.75 Å². The number of alkyl halides is 3. The maximum Gasteiger partial charge on any atom is 0.417 e. The Morgan fingerprint density at radius 2 is 1.68 bits per heavy atom. The Hall–Kier alpha value is -1.03.